The van der Waals surface area contributed by atoms with E-state index in [1.165, 1.54) is 0 Å². The molecular formula is C17H20N6O. The fourth-order valence-corrected chi connectivity index (χ4v) is 3.34. The summed E-state index contributed by atoms with van der Waals surface area (Å²) >= 11 is 0. The van der Waals surface area contributed by atoms with E-state index in [9.17, 15) is 4.79 Å². The number of hydrogen-bond acceptors (Lipinski definition) is 7. The minimum atomic E-state index is 0.168. The number of fused-ring (bicyclic) bond motifs is 1. The maximum atomic E-state index is 12.1. The Labute approximate surface area is 140 Å². The summed E-state index contributed by atoms with van der Waals surface area (Å²) in [7, 11) is 0. The predicted molar refractivity (Wildman–Crippen MR) is 90.3 cm³/mol. The van der Waals surface area contributed by atoms with E-state index in [1.54, 1.807) is 18.6 Å². The van der Waals surface area contributed by atoms with Crippen molar-refractivity contribution in [3.63, 3.8) is 0 Å². The van der Waals surface area contributed by atoms with Gasteiger partial charge in [-0.1, -0.05) is 6.92 Å². The molecule has 0 radical (unpaired) electrons. The highest BCUT2D eigenvalue weighted by Gasteiger charge is 2.26. The third kappa shape index (κ3) is 2.81. The maximum Gasteiger partial charge on any atom is 0.225 e. The van der Waals surface area contributed by atoms with E-state index in [-0.39, 0.29) is 5.78 Å². The Morgan fingerprint density at radius 3 is 2.33 bits per heavy atom. The second-order valence-corrected chi connectivity index (χ2v) is 6.49. The van der Waals surface area contributed by atoms with Crippen LogP contribution in [0.1, 0.15) is 29.4 Å². The van der Waals surface area contributed by atoms with Crippen LogP contribution in [0, 0.1) is 5.92 Å². The summed E-state index contributed by atoms with van der Waals surface area (Å²) in [5, 5.41) is 0. The number of hydrogen-bond donors (Lipinski definition) is 0. The Balaban J connectivity index is 1.48. The number of Topliss-reactive ketones (excluding diaryl/α,β-unsaturated/α-hetero) is 1. The summed E-state index contributed by atoms with van der Waals surface area (Å²) in [5.41, 5.74) is 1.60. The Kier molecular flexibility index (Phi) is 3.84. The van der Waals surface area contributed by atoms with Crippen LogP contribution in [0.5, 0.6) is 0 Å². The molecule has 1 saturated heterocycles. The first-order chi connectivity index (χ1) is 11.7. The van der Waals surface area contributed by atoms with Crippen LogP contribution in [0.25, 0.3) is 0 Å². The van der Waals surface area contributed by atoms with E-state index >= 15 is 0 Å². The average molecular weight is 324 g/mol. The highest BCUT2D eigenvalue weighted by atomic mass is 16.1. The third-order valence-electron chi connectivity index (χ3n) is 4.63. The van der Waals surface area contributed by atoms with Crippen LogP contribution >= 0.6 is 0 Å². The normalized spacial score (nSPS) is 20.9. The molecule has 0 unspecified atom stereocenters. The number of anilines is 2. The summed E-state index contributed by atoms with van der Waals surface area (Å²) in [4.78, 5) is 34.1. The Morgan fingerprint density at radius 1 is 0.958 bits per heavy atom. The molecule has 4 rings (SSSR count). The molecule has 1 fully saturated rings. The fraction of sp³-hybridized carbons (Fsp3) is 0.471. The van der Waals surface area contributed by atoms with E-state index in [4.69, 9.17) is 0 Å². The molecule has 2 aromatic heterocycles. The van der Waals surface area contributed by atoms with Crippen molar-refractivity contribution in [1.29, 1.82) is 0 Å². The van der Waals surface area contributed by atoms with Crippen molar-refractivity contribution in [1.82, 2.24) is 19.9 Å². The largest absolute Gasteiger partial charge is 0.337 e. The molecule has 0 N–H and O–H groups in total. The number of piperazine rings is 1. The molecule has 0 spiro atoms. The summed E-state index contributed by atoms with van der Waals surface area (Å²) in [6.45, 7) is 5.40. The first kappa shape index (κ1) is 15.0. The van der Waals surface area contributed by atoms with Gasteiger partial charge in [-0.15, -0.1) is 0 Å². The fourth-order valence-electron chi connectivity index (χ4n) is 3.34. The molecule has 1 atom stereocenters. The van der Waals surface area contributed by atoms with Crippen LogP contribution in [0.2, 0.25) is 0 Å². The molecule has 1 aliphatic carbocycles. The molecule has 3 heterocycles. The number of ketones is 1. The van der Waals surface area contributed by atoms with Gasteiger partial charge >= 0.3 is 0 Å². The molecule has 7 nitrogen and oxygen atoms in total. The maximum absolute atomic E-state index is 12.1. The molecule has 1 aliphatic heterocycles. The number of nitrogens with zero attached hydrogens (tertiary/aromatic N) is 6. The molecular weight excluding hydrogens is 304 g/mol. The van der Waals surface area contributed by atoms with Gasteiger partial charge in [-0.2, -0.15) is 0 Å². The Bertz CT molecular complexity index is 742. The molecule has 2 aromatic rings. The number of carbonyl (C=O) groups excluding carboxylic acids is 1. The van der Waals surface area contributed by atoms with Crippen molar-refractivity contribution < 1.29 is 4.79 Å². The number of carbonyl (C=O) groups is 1. The van der Waals surface area contributed by atoms with Crippen molar-refractivity contribution in [3.05, 3.63) is 35.9 Å². The molecule has 0 bridgehead atoms. The Morgan fingerprint density at radius 2 is 1.62 bits per heavy atom. The molecule has 0 amide bonds. The van der Waals surface area contributed by atoms with Crippen molar-refractivity contribution in [3.8, 4) is 0 Å². The van der Waals surface area contributed by atoms with Crippen LogP contribution in [0.4, 0.5) is 11.9 Å². The van der Waals surface area contributed by atoms with Gasteiger partial charge in [0.2, 0.25) is 11.9 Å². The highest BCUT2D eigenvalue weighted by molar-refractivity contribution is 5.98. The van der Waals surface area contributed by atoms with Crippen molar-refractivity contribution in [2.75, 3.05) is 36.0 Å². The smallest absolute Gasteiger partial charge is 0.225 e. The van der Waals surface area contributed by atoms with Gasteiger partial charge in [0, 0.05) is 51.2 Å². The minimum absolute atomic E-state index is 0.168. The quantitative estimate of drug-likeness (QED) is 0.825. The lowest BCUT2D eigenvalue weighted by atomic mass is 9.88. The number of aromatic nitrogens is 4. The zero-order valence-corrected chi connectivity index (χ0v) is 13.7. The molecule has 0 aromatic carbocycles. The summed E-state index contributed by atoms with van der Waals surface area (Å²) < 4.78 is 0. The predicted octanol–water partition coefficient (Wildman–Crippen LogP) is 1.36. The third-order valence-corrected chi connectivity index (χ3v) is 4.63. The summed E-state index contributed by atoms with van der Waals surface area (Å²) in [6.07, 6.45) is 6.69. The first-order valence-electron chi connectivity index (χ1n) is 8.37. The zero-order chi connectivity index (χ0) is 16.5. The van der Waals surface area contributed by atoms with E-state index in [0.29, 0.717) is 17.9 Å². The SMILES string of the molecule is C[C@H]1CC(=O)c2cnc(N3CCN(c4ncccn4)CC3)nc2C1. The summed E-state index contributed by atoms with van der Waals surface area (Å²) in [5.74, 6) is 2.02. The van der Waals surface area contributed by atoms with Crippen molar-refractivity contribution >= 4 is 17.7 Å². The second-order valence-electron chi connectivity index (χ2n) is 6.49. The molecule has 7 heteroatoms. The lowest BCUT2D eigenvalue weighted by Gasteiger charge is -2.35. The molecule has 24 heavy (non-hydrogen) atoms. The van der Waals surface area contributed by atoms with Crippen LogP contribution < -0.4 is 9.80 Å². The van der Waals surface area contributed by atoms with Gasteiger partial charge in [-0.3, -0.25) is 4.79 Å². The van der Waals surface area contributed by atoms with E-state index in [0.717, 1.165) is 50.2 Å². The monoisotopic (exact) mass is 324 g/mol. The lowest BCUT2D eigenvalue weighted by Crippen LogP contribution is -2.47. The van der Waals surface area contributed by atoms with Gasteiger partial charge in [0.05, 0.1) is 11.3 Å². The molecule has 124 valence electrons. The van der Waals surface area contributed by atoms with Gasteiger partial charge < -0.3 is 9.80 Å². The topological polar surface area (TPSA) is 75.1 Å². The van der Waals surface area contributed by atoms with E-state index in [2.05, 4.69) is 36.7 Å². The molecule has 0 saturated carbocycles. The second kappa shape index (κ2) is 6.14. The van der Waals surface area contributed by atoms with E-state index < -0.39 is 0 Å². The van der Waals surface area contributed by atoms with Gasteiger partial charge in [-0.05, 0) is 18.4 Å². The van der Waals surface area contributed by atoms with Crippen molar-refractivity contribution in [2.24, 2.45) is 5.92 Å². The van der Waals surface area contributed by atoms with Gasteiger partial charge in [0.1, 0.15) is 0 Å². The van der Waals surface area contributed by atoms with Gasteiger partial charge in [0.25, 0.3) is 0 Å². The zero-order valence-electron chi connectivity index (χ0n) is 13.7. The van der Waals surface area contributed by atoms with Crippen LogP contribution in [0.15, 0.2) is 24.7 Å². The van der Waals surface area contributed by atoms with Crippen LogP contribution in [-0.4, -0.2) is 51.9 Å². The van der Waals surface area contributed by atoms with E-state index in [1.807, 2.05) is 6.07 Å². The van der Waals surface area contributed by atoms with Gasteiger partial charge in [-0.25, -0.2) is 19.9 Å². The average Bonchev–Trinajstić information content (AvgIpc) is 2.62. The lowest BCUT2D eigenvalue weighted by molar-refractivity contribution is 0.0951. The minimum Gasteiger partial charge on any atom is -0.337 e. The van der Waals surface area contributed by atoms with Crippen LogP contribution in [-0.2, 0) is 6.42 Å². The molecule has 2 aliphatic rings. The Hall–Kier alpha value is -2.57. The van der Waals surface area contributed by atoms with Crippen LogP contribution in [0.3, 0.4) is 0 Å². The first-order valence-corrected chi connectivity index (χ1v) is 8.37. The summed E-state index contributed by atoms with van der Waals surface area (Å²) in [6, 6.07) is 1.82. The standard InChI is InChI=1S/C17H20N6O/c1-12-9-14-13(15(24)10-12)11-20-17(21-14)23-7-5-22(6-8-23)16-18-3-2-4-19-16/h2-4,11-12H,5-10H2,1H3/t12-/m1/s1. The van der Waals surface area contributed by atoms with Gasteiger partial charge in [0.15, 0.2) is 5.78 Å². The highest BCUT2D eigenvalue weighted by Crippen LogP contribution is 2.25. The number of rotatable bonds is 2. The van der Waals surface area contributed by atoms with Crippen molar-refractivity contribution in [2.45, 2.75) is 19.8 Å².